The first-order valence-corrected chi connectivity index (χ1v) is 6.34. The third-order valence-electron chi connectivity index (χ3n) is 3.25. The van der Waals surface area contributed by atoms with Gasteiger partial charge in [0.05, 0.1) is 5.69 Å². The molecule has 3 rings (SSSR count). The van der Waals surface area contributed by atoms with Crippen LogP contribution in [0.2, 0.25) is 0 Å². The van der Waals surface area contributed by atoms with Gasteiger partial charge in [0, 0.05) is 43.9 Å². The molecule has 0 aliphatic carbocycles. The van der Waals surface area contributed by atoms with E-state index in [4.69, 9.17) is 0 Å². The van der Waals surface area contributed by atoms with Gasteiger partial charge in [0.25, 0.3) is 0 Å². The first-order chi connectivity index (χ1) is 9.33. The van der Waals surface area contributed by atoms with Gasteiger partial charge >= 0.3 is 0 Å². The molecule has 0 bridgehead atoms. The highest BCUT2D eigenvalue weighted by atomic mass is 16.1. The number of nitrogens with zero attached hydrogens (tertiary/aromatic N) is 4. The quantitative estimate of drug-likeness (QED) is 0.816. The Labute approximate surface area is 111 Å². The minimum atomic E-state index is 0.330. The third kappa shape index (κ3) is 2.59. The maximum atomic E-state index is 11.2. The summed E-state index contributed by atoms with van der Waals surface area (Å²) in [7, 11) is 0. The van der Waals surface area contributed by atoms with Crippen molar-refractivity contribution >= 4 is 11.6 Å². The lowest BCUT2D eigenvalue weighted by molar-refractivity contribution is -0.119. The second-order valence-electron chi connectivity index (χ2n) is 4.54. The standard InChI is InChI=1S/C14H14N4O/c19-12-5-8-18(9-6-12)14-4-3-13(16-17-14)11-2-1-7-15-10-11/h1-4,7,10H,5-6,8-9H2. The molecule has 0 radical (unpaired) electrons. The lowest BCUT2D eigenvalue weighted by Gasteiger charge is -2.26. The van der Waals surface area contributed by atoms with Crippen LogP contribution in [0.5, 0.6) is 0 Å². The summed E-state index contributed by atoms with van der Waals surface area (Å²) in [6.07, 6.45) is 4.71. The van der Waals surface area contributed by atoms with E-state index in [0.717, 1.165) is 30.2 Å². The third-order valence-corrected chi connectivity index (χ3v) is 3.25. The van der Waals surface area contributed by atoms with E-state index in [1.165, 1.54) is 0 Å². The number of ketones is 1. The molecule has 3 heterocycles. The van der Waals surface area contributed by atoms with Crippen molar-refractivity contribution in [1.82, 2.24) is 15.2 Å². The molecule has 0 amide bonds. The molecule has 5 nitrogen and oxygen atoms in total. The first-order valence-electron chi connectivity index (χ1n) is 6.34. The largest absolute Gasteiger partial charge is 0.354 e. The lowest BCUT2D eigenvalue weighted by Crippen LogP contribution is -2.34. The summed E-state index contributed by atoms with van der Waals surface area (Å²) in [6.45, 7) is 1.47. The molecule has 96 valence electrons. The van der Waals surface area contributed by atoms with Crippen molar-refractivity contribution < 1.29 is 4.79 Å². The van der Waals surface area contributed by atoms with E-state index in [9.17, 15) is 4.79 Å². The Kier molecular flexibility index (Phi) is 3.18. The van der Waals surface area contributed by atoms with E-state index in [2.05, 4.69) is 20.1 Å². The fourth-order valence-electron chi connectivity index (χ4n) is 2.15. The molecule has 2 aromatic rings. The van der Waals surface area contributed by atoms with E-state index in [1.54, 1.807) is 12.4 Å². The number of rotatable bonds is 2. The Morgan fingerprint density at radius 2 is 1.89 bits per heavy atom. The monoisotopic (exact) mass is 254 g/mol. The molecular weight excluding hydrogens is 240 g/mol. The summed E-state index contributed by atoms with van der Waals surface area (Å²) in [4.78, 5) is 17.4. The first kappa shape index (κ1) is 11.8. The maximum Gasteiger partial charge on any atom is 0.151 e. The zero-order valence-electron chi connectivity index (χ0n) is 10.5. The van der Waals surface area contributed by atoms with Gasteiger partial charge in [-0.05, 0) is 24.3 Å². The summed E-state index contributed by atoms with van der Waals surface area (Å²) < 4.78 is 0. The number of hydrogen-bond acceptors (Lipinski definition) is 5. The second kappa shape index (κ2) is 5.14. The number of Topliss-reactive ketones (excluding diaryl/α,β-unsaturated/α-hetero) is 1. The molecule has 19 heavy (non-hydrogen) atoms. The normalized spacial score (nSPS) is 15.6. The van der Waals surface area contributed by atoms with Crippen LogP contribution in [-0.2, 0) is 4.79 Å². The van der Waals surface area contributed by atoms with Gasteiger partial charge in [-0.15, -0.1) is 10.2 Å². The molecule has 0 spiro atoms. The molecule has 0 unspecified atom stereocenters. The molecular formula is C14H14N4O. The Balaban J connectivity index is 1.78. The zero-order chi connectivity index (χ0) is 13.1. The Hall–Kier alpha value is -2.30. The number of carbonyl (C=O) groups excluding carboxylic acids is 1. The van der Waals surface area contributed by atoms with E-state index in [-0.39, 0.29) is 0 Å². The lowest BCUT2D eigenvalue weighted by atomic mass is 10.1. The molecule has 5 heteroatoms. The van der Waals surface area contributed by atoms with Crippen LogP contribution in [0.15, 0.2) is 36.7 Å². The topological polar surface area (TPSA) is 59.0 Å². The van der Waals surface area contributed by atoms with Crippen LogP contribution in [-0.4, -0.2) is 34.1 Å². The highest BCUT2D eigenvalue weighted by molar-refractivity contribution is 5.80. The van der Waals surface area contributed by atoms with Gasteiger partial charge in [0.2, 0.25) is 0 Å². The predicted molar refractivity (Wildman–Crippen MR) is 71.7 cm³/mol. The Bertz CT molecular complexity index is 558. The molecule has 0 saturated carbocycles. The summed E-state index contributed by atoms with van der Waals surface area (Å²) in [6, 6.07) is 7.72. The minimum absolute atomic E-state index is 0.330. The van der Waals surface area contributed by atoms with Gasteiger partial charge in [0.1, 0.15) is 5.78 Å². The fraction of sp³-hybridized carbons (Fsp3) is 0.286. The highest BCUT2D eigenvalue weighted by Crippen LogP contribution is 2.19. The Morgan fingerprint density at radius 1 is 1.05 bits per heavy atom. The van der Waals surface area contributed by atoms with Gasteiger partial charge in [-0.2, -0.15) is 0 Å². The van der Waals surface area contributed by atoms with Crippen molar-refractivity contribution in [1.29, 1.82) is 0 Å². The van der Waals surface area contributed by atoms with Crippen molar-refractivity contribution in [3.63, 3.8) is 0 Å². The summed E-state index contributed by atoms with van der Waals surface area (Å²) in [5.41, 5.74) is 1.76. The maximum absolute atomic E-state index is 11.2. The van der Waals surface area contributed by atoms with Crippen molar-refractivity contribution in [3.05, 3.63) is 36.7 Å². The van der Waals surface area contributed by atoms with Crippen LogP contribution < -0.4 is 4.90 Å². The van der Waals surface area contributed by atoms with Crippen LogP contribution in [0, 0.1) is 0 Å². The van der Waals surface area contributed by atoms with Crippen LogP contribution >= 0.6 is 0 Å². The van der Waals surface area contributed by atoms with Gasteiger partial charge in [-0.1, -0.05) is 0 Å². The van der Waals surface area contributed by atoms with Gasteiger partial charge in [-0.25, -0.2) is 0 Å². The smallest absolute Gasteiger partial charge is 0.151 e. The average Bonchev–Trinajstić information content (AvgIpc) is 2.49. The average molecular weight is 254 g/mol. The van der Waals surface area contributed by atoms with Gasteiger partial charge in [0.15, 0.2) is 5.82 Å². The molecule has 1 aliphatic heterocycles. The van der Waals surface area contributed by atoms with E-state index in [0.29, 0.717) is 18.6 Å². The van der Waals surface area contributed by atoms with Crippen molar-refractivity contribution in [3.8, 4) is 11.3 Å². The second-order valence-corrected chi connectivity index (χ2v) is 4.54. The van der Waals surface area contributed by atoms with Gasteiger partial charge in [-0.3, -0.25) is 9.78 Å². The SMILES string of the molecule is O=C1CCN(c2ccc(-c3cccnc3)nn2)CC1. The molecule has 2 aromatic heterocycles. The number of carbonyl (C=O) groups is 1. The molecule has 0 N–H and O–H groups in total. The molecule has 0 atom stereocenters. The predicted octanol–water partition coefficient (Wildman–Crippen LogP) is 1.71. The van der Waals surface area contributed by atoms with E-state index in [1.807, 2.05) is 24.3 Å². The number of piperidine rings is 1. The summed E-state index contributed by atoms with van der Waals surface area (Å²) in [5, 5.41) is 8.47. The fourth-order valence-corrected chi connectivity index (χ4v) is 2.15. The van der Waals surface area contributed by atoms with Gasteiger partial charge < -0.3 is 4.90 Å². The van der Waals surface area contributed by atoms with Crippen LogP contribution in [0.4, 0.5) is 5.82 Å². The van der Waals surface area contributed by atoms with Crippen molar-refractivity contribution in [2.75, 3.05) is 18.0 Å². The molecule has 1 saturated heterocycles. The molecule has 1 aliphatic rings. The number of hydrogen-bond donors (Lipinski definition) is 0. The Morgan fingerprint density at radius 3 is 2.53 bits per heavy atom. The van der Waals surface area contributed by atoms with Crippen LogP contribution in [0.25, 0.3) is 11.3 Å². The van der Waals surface area contributed by atoms with Crippen molar-refractivity contribution in [2.45, 2.75) is 12.8 Å². The number of pyridine rings is 1. The van der Waals surface area contributed by atoms with Crippen LogP contribution in [0.1, 0.15) is 12.8 Å². The minimum Gasteiger partial charge on any atom is -0.354 e. The number of aromatic nitrogens is 3. The summed E-state index contributed by atoms with van der Waals surface area (Å²) in [5.74, 6) is 1.16. The zero-order valence-corrected chi connectivity index (χ0v) is 10.5. The number of anilines is 1. The van der Waals surface area contributed by atoms with Crippen LogP contribution in [0.3, 0.4) is 0 Å². The highest BCUT2D eigenvalue weighted by Gasteiger charge is 2.17. The van der Waals surface area contributed by atoms with E-state index < -0.39 is 0 Å². The molecule has 1 fully saturated rings. The van der Waals surface area contributed by atoms with Crippen molar-refractivity contribution in [2.24, 2.45) is 0 Å². The molecule has 0 aromatic carbocycles. The summed E-state index contributed by atoms with van der Waals surface area (Å²) >= 11 is 0. The van der Waals surface area contributed by atoms with E-state index >= 15 is 0 Å².